The molecule has 2 aromatic heterocycles. The second-order valence-electron chi connectivity index (χ2n) is 8.38. The van der Waals surface area contributed by atoms with Crippen LogP contribution in [-0.4, -0.2) is 30.0 Å². The normalized spacial score (nSPS) is 11.0. The van der Waals surface area contributed by atoms with Crippen molar-refractivity contribution in [2.45, 2.75) is 9.92 Å². The Morgan fingerprint density at radius 2 is 1.62 bits per heavy atom. The lowest BCUT2D eigenvalue weighted by atomic mass is 9.99. The van der Waals surface area contributed by atoms with Crippen LogP contribution in [0.5, 0.6) is 0 Å². The summed E-state index contributed by atoms with van der Waals surface area (Å²) in [6.45, 7) is 0. The van der Waals surface area contributed by atoms with Gasteiger partial charge in [0, 0.05) is 28.4 Å². The number of sulfonamides is 1. The molecule has 0 spiro atoms. The number of thiazole rings is 1. The van der Waals surface area contributed by atoms with Crippen molar-refractivity contribution in [1.29, 1.82) is 5.26 Å². The number of aromatic nitrogens is 2. The van der Waals surface area contributed by atoms with E-state index in [1.165, 1.54) is 53.6 Å². The van der Waals surface area contributed by atoms with Crippen molar-refractivity contribution >= 4 is 49.8 Å². The molecule has 3 aromatic carbocycles. The maximum Gasteiger partial charge on any atom is 0.263 e. The monoisotopic (exact) mass is 583 g/mol. The molecule has 0 aliphatic heterocycles. The standard InChI is InChI=1S/C29H21N5O3S3/c30-18-25-24(20-7-3-1-4-8-20)17-26(21-9-5-2-6-10-21)33-28(25)39-19-27(35)32-22-11-13-23(14-12-22)40(36,37)34-29-31-15-16-38-29/h1-17H,19H2,(H,31,34)(H,32,35). The molecule has 0 bridgehead atoms. The number of nitriles is 1. The number of nitrogens with one attached hydrogen (secondary N) is 2. The Balaban J connectivity index is 1.33. The van der Waals surface area contributed by atoms with Crippen LogP contribution in [0.3, 0.4) is 0 Å². The van der Waals surface area contributed by atoms with E-state index in [1.807, 2.05) is 66.7 Å². The van der Waals surface area contributed by atoms with Gasteiger partial charge in [-0.3, -0.25) is 9.52 Å². The smallest absolute Gasteiger partial charge is 0.263 e. The lowest BCUT2D eigenvalue weighted by molar-refractivity contribution is -0.113. The molecule has 5 aromatic rings. The van der Waals surface area contributed by atoms with E-state index in [1.54, 1.807) is 5.38 Å². The van der Waals surface area contributed by atoms with E-state index in [0.717, 1.165) is 16.7 Å². The van der Waals surface area contributed by atoms with Crippen molar-refractivity contribution in [3.8, 4) is 28.5 Å². The van der Waals surface area contributed by atoms with Gasteiger partial charge in [0.2, 0.25) is 5.91 Å². The molecular weight excluding hydrogens is 563 g/mol. The zero-order valence-corrected chi connectivity index (χ0v) is 23.3. The predicted molar refractivity (Wildman–Crippen MR) is 159 cm³/mol. The Bertz CT molecular complexity index is 1770. The third-order valence-electron chi connectivity index (χ3n) is 5.69. The lowest BCUT2D eigenvalue weighted by Crippen LogP contribution is -2.15. The van der Waals surface area contributed by atoms with Crippen LogP contribution in [0.2, 0.25) is 0 Å². The van der Waals surface area contributed by atoms with Gasteiger partial charge < -0.3 is 5.32 Å². The second-order valence-corrected chi connectivity index (χ2v) is 11.9. The van der Waals surface area contributed by atoms with Gasteiger partial charge in [-0.15, -0.1) is 11.3 Å². The van der Waals surface area contributed by atoms with Crippen LogP contribution in [-0.2, 0) is 14.8 Å². The minimum absolute atomic E-state index is 0.000193. The molecule has 0 radical (unpaired) electrons. The van der Waals surface area contributed by atoms with Gasteiger partial charge in [-0.25, -0.2) is 18.4 Å². The van der Waals surface area contributed by atoms with Gasteiger partial charge in [0.25, 0.3) is 10.0 Å². The highest BCUT2D eigenvalue weighted by Gasteiger charge is 2.18. The summed E-state index contributed by atoms with van der Waals surface area (Å²) in [5.74, 6) is -0.321. The first kappa shape index (κ1) is 27.1. The molecule has 40 heavy (non-hydrogen) atoms. The van der Waals surface area contributed by atoms with Gasteiger partial charge in [0.1, 0.15) is 11.1 Å². The number of rotatable bonds is 9. The number of hydrogen-bond acceptors (Lipinski definition) is 8. The molecule has 0 saturated carbocycles. The summed E-state index contributed by atoms with van der Waals surface area (Å²) in [5, 5.41) is 15.2. The van der Waals surface area contributed by atoms with Crippen molar-refractivity contribution in [2.75, 3.05) is 15.8 Å². The van der Waals surface area contributed by atoms with E-state index in [4.69, 9.17) is 4.98 Å². The molecule has 0 aliphatic carbocycles. The number of anilines is 2. The van der Waals surface area contributed by atoms with Gasteiger partial charge in [0.15, 0.2) is 5.13 Å². The third-order valence-corrected chi connectivity index (χ3v) is 8.84. The van der Waals surface area contributed by atoms with Crippen molar-refractivity contribution in [3.05, 3.63) is 108 Å². The molecule has 0 atom stereocenters. The largest absolute Gasteiger partial charge is 0.325 e. The fourth-order valence-corrected chi connectivity index (χ4v) is 6.42. The van der Waals surface area contributed by atoms with Crippen LogP contribution >= 0.6 is 23.1 Å². The Labute approximate surface area is 239 Å². The van der Waals surface area contributed by atoms with E-state index in [0.29, 0.717) is 22.0 Å². The number of nitrogens with zero attached hydrogens (tertiary/aromatic N) is 3. The Hall–Kier alpha value is -4.50. The van der Waals surface area contributed by atoms with E-state index in [-0.39, 0.29) is 21.7 Å². The van der Waals surface area contributed by atoms with E-state index < -0.39 is 10.0 Å². The highest BCUT2D eigenvalue weighted by atomic mass is 32.2. The zero-order valence-electron chi connectivity index (χ0n) is 20.8. The van der Waals surface area contributed by atoms with E-state index in [2.05, 4.69) is 21.1 Å². The minimum Gasteiger partial charge on any atom is -0.325 e. The van der Waals surface area contributed by atoms with Gasteiger partial charge in [-0.2, -0.15) is 5.26 Å². The van der Waals surface area contributed by atoms with Crippen LogP contribution in [0, 0.1) is 11.3 Å². The van der Waals surface area contributed by atoms with Gasteiger partial charge in [-0.1, -0.05) is 72.4 Å². The molecule has 8 nitrogen and oxygen atoms in total. The maximum absolute atomic E-state index is 12.8. The van der Waals surface area contributed by atoms with Crippen LogP contribution in [0.25, 0.3) is 22.4 Å². The highest BCUT2D eigenvalue weighted by Crippen LogP contribution is 2.34. The van der Waals surface area contributed by atoms with Crippen LogP contribution < -0.4 is 10.0 Å². The SMILES string of the molecule is N#Cc1c(-c2ccccc2)cc(-c2ccccc2)nc1SCC(=O)Nc1ccc(S(=O)(=O)Nc2nccs2)cc1. The topological polar surface area (TPSA) is 125 Å². The fraction of sp³-hybridized carbons (Fsp3) is 0.0345. The Morgan fingerprint density at radius 1 is 0.950 bits per heavy atom. The number of thioether (sulfide) groups is 1. The number of carbonyl (C=O) groups excluding carboxylic acids is 1. The number of hydrogen-bond donors (Lipinski definition) is 2. The Morgan fingerprint density at radius 3 is 2.25 bits per heavy atom. The second kappa shape index (κ2) is 12.1. The fourth-order valence-electron chi connectivity index (χ4n) is 3.83. The van der Waals surface area contributed by atoms with Crippen molar-refractivity contribution in [3.63, 3.8) is 0 Å². The van der Waals surface area contributed by atoms with E-state index in [9.17, 15) is 18.5 Å². The summed E-state index contributed by atoms with van der Waals surface area (Å²) < 4.78 is 27.5. The molecular formula is C29H21N5O3S3. The zero-order chi connectivity index (χ0) is 28.0. The molecule has 0 saturated heterocycles. The minimum atomic E-state index is -3.79. The summed E-state index contributed by atoms with van der Waals surface area (Å²) in [6, 6.07) is 29.3. The molecule has 198 valence electrons. The highest BCUT2D eigenvalue weighted by molar-refractivity contribution is 8.00. The van der Waals surface area contributed by atoms with Crippen LogP contribution in [0.15, 0.2) is 112 Å². The van der Waals surface area contributed by atoms with Crippen molar-refractivity contribution in [1.82, 2.24) is 9.97 Å². The first-order chi connectivity index (χ1) is 19.4. The molecule has 5 rings (SSSR count). The van der Waals surface area contributed by atoms with E-state index >= 15 is 0 Å². The molecule has 1 amide bonds. The number of amides is 1. The summed E-state index contributed by atoms with van der Waals surface area (Å²) >= 11 is 2.34. The average molecular weight is 584 g/mol. The molecule has 2 heterocycles. The third kappa shape index (κ3) is 6.38. The number of carbonyl (C=O) groups is 1. The van der Waals surface area contributed by atoms with Crippen molar-refractivity contribution in [2.24, 2.45) is 0 Å². The molecule has 0 fully saturated rings. The average Bonchev–Trinajstić information content (AvgIpc) is 3.49. The van der Waals surface area contributed by atoms with Gasteiger partial charge in [-0.05, 0) is 35.9 Å². The first-order valence-corrected chi connectivity index (χ1v) is 15.3. The summed E-state index contributed by atoms with van der Waals surface area (Å²) in [5.41, 5.74) is 4.05. The number of pyridine rings is 1. The predicted octanol–water partition coefficient (Wildman–Crippen LogP) is 6.28. The summed E-state index contributed by atoms with van der Waals surface area (Å²) in [6.07, 6.45) is 1.51. The van der Waals surface area contributed by atoms with Crippen LogP contribution in [0.1, 0.15) is 5.56 Å². The van der Waals surface area contributed by atoms with Crippen LogP contribution in [0.4, 0.5) is 10.8 Å². The van der Waals surface area contributed by atoms with Crippen molar-refractivity contribution < 1.29 is 13.2 Å². The number of benzene rings is 3. The molecule has 0 aliphatic rings. The maximum atomic E-state index is 12.8. The van der Waals surface area contributed by atoms with Gasteiger partial charge in [0.05, 0.1) is 21.9 Å². The molecule has 11 heteroatoms. The summed E-state index contributed by atoms with van der Waals surface area (Å²) in [7, 11) is -3.79. The molecule has 0 unspecified atom stereocenters. The summed E-state index contributed by atoms with van der Waals surface area (Å²) in [4.78, 5) is 21.5. The first-order valence-electron chi connectivity index (χ1n) is 11.9. The lowest BCUT2D eigenvalue weighted by Gasteiger charge is -2.13. The quantitative estimate of drug-likeness (QED) is 0.196. The Kier molecular flexibility index (Phi) is 8.21. The van der Waals surface area contributed by atoms with Gasteiger partial charge >= 0.3 is 0 Å². The molecule has 2 N–H and O–H groups in total.